The van der Waals surface area contributed by atoms with E-state index >= 15 is 0 Å². The zero-order chi connectivity index (χ0) is 11.4. The number of rotatable bonds is 5. The van der Waals surface area contributed by atoms with Gasteiger partial charge in [-0.05, 0) is 13.1 Å². The van der Waals surface area contributed by atoms with Gasteiger partial charge in [-0.2, -0.15) is 13.2 Å². The third kappa shape index (κ3) is 3.83. The number of hydrogen-bond acceptors (Lipinski definition) is 3. The molecular formula is C7H14F3NO2S. The molecule has 0 saturated carbocycles. The Hall–Kier alpha value is -0.300. The molecule has 7 heteroatoms. The second-order valence-electron chi connectivity index (χ2n) is 2.79. The topological polar surface area (TPSA) is 37.4 Å². The number of hydrogen-bond donors (Lipinski definition) is 0. The van der Waals surface area contributed by atoms with Crippen LogP contribution in [0.5, 0.6) is 0 Å². The van der Waals surface area contributed by atoms with E-state index in [9.17, 15) is 21.6 Å². The highest BCUT2D eigenvalue weighted by atomic mass is 32.2. The van der Waals surface area contributed by atoms with E-state index in [1.165, 1.54) is 0 Å². The molecule has 3 nitrogen and oxygen atoms in total. The van der Waals surface area contributed by atoms with Gasteiger partial charge in [0.2, 0.25) is 9.84 Å². The third-order valence-electron chi connectivity index (χ3n) is 1.92. The van der Waals surface area contributed by atoms with Gasteiger partial charge >= 0.3 is 5.51 Å². The SMILES string of the molecule is CCN(CC)CCS(=O)(=O)C(F)(F)F. The Labute approximate surface area is 81.8 Å². The van der Waals surface area contributed by atoms with Crippen LogP contribution >= 0.6 is 0 Å². The Bertz CT molecular complexity index is 257. The second kappa shape index (κ2) is 4.97. The van der Waals surface area contributed by atoms with Gasteiger partial charge < -0.3 is 4.90 Å². The van der Waals surface area contributed by atoms with E-state index in [1.807, 2.05) is 0 Å². The minimum Gasteiger partial charge on any atom is -0.303 e. The van der Waals surface area contributed by atoms with Crippen LogP contribution in [0.4, 0.5) is 13.2 Å². The van der Waals surface area contributed by atoms with Crippen molar-refractivity contribution in [3.8, 4) is 0 Å². The van der Waals surface area contributed by atoms with Gasteiger partial charge in [-0.1, -0.05) is 13.8 Å². The first kappa shape index (κ1) is 13.7. The lowest BCUT2D eigenvalue weighted by Crippen LogP contribution is -2.34. The molecule has 14 heavy (non-hydrogen) atoms. The van der Waals surface area contributed by atoms with Gasteiger partial charge in [-0.15, -0.1) is 0 Å². The van der Waals surface area contributed by atoms with Gasteiger partial charge in [0.25, 0.3) is 0 Å². The third-order valence-corrected chi connectivity index (χ3v) is 3.35. The quantitative estimate of drug-likeness (QED) is 0.717. The van der Waals surface area contributed by atoms with Crippen LogP contribution in [0.25, 0.3) is 0 Å². The molecule has 86 valence electrons. The van der Waals surface area contributed by atoms with Gasteiger partial charge in [0.1, 0.15) is 0 Å². The Morgan fingerprint density at radius 1 is 1.14 bits per heavy atom. The van der Waals surface area contributed by atoms with Gasteiger partial charge in [0.05, 0.1) is 5.75 Å². The summed E-state index contributed by atoms with van der Waals surface area (Å²) in [6.45, 7) is 4.55. The second-order valence-corrected chi connectivity index (χ2v) is 4.89. The molecule has 0 aromatic carbocycles. The van der Waals surface area contributed by atoms with Crippen molar-refractivity contribution < 1.29 is 21.6 Å². The Morgan fingerprint density at radius 3 is 1.86 bits per heavy atom. The molecule has 0 N–H and O–H groups in total. The maximum atomic E-state index is 11.9. The maximum absolute atomic E-state index is 11.9. The first-order chi connectivity index (χ1) is 6.24. The smallest absolute Gasteiger partial charge is 0.303 e. The van der Waals surface area contributed by atoms with Crippen LogP contribution in [-0.4, -0.2) is 44.2 Å². The molecule has 0 aromatic heterocycles. The predicted molar refractivity (Wildman–Crippen MR) is 47.6 cm³/mol. The highest BCUT2D eigenvalue weighted by molar-refractivity contribution is 7.92. The van der Waals surface area contributed by atoms with Crippen molar-refractivity contribution in [1.82, 2.24) is 4.90 Å². The van der Waals surface area contributed by atoms with Crippen LogP contribution in [-0.2, 0) is 9.84 Å². The fraction of sp³-hybridized carbons (Fsp3) is 1.00. The minimum absolute atomic E-state index is 0.0746. The van der Waals surface area contributed by atoms with E-state index in [0.717, 1.165) is 0 Å². The monoisotopic (exact) mass is 233 g/mol. The molecule has 0 aliphatic rings. The van der Waals surface area contributed by atoms with Gasteiger partial charge in [0, 0.05) is 6.54 Å². The van der Waals surface area contributed by atoms with Crippen molar-refractivity contribution in [2.75, 3.05) is 25.4 Å². The molecule has 0 rings (SSSR count). The number of nitrogens with zero attached hydrogens (tertiary/aromatic N) is 1. The van der Waals surface area contributed by atoms with Crippen LogP contribution in [0.2, 0.25) is 0 Å². The van der Waals surface area contributed by atoms with Crippen LogP contribution in [0.3, 0.4) is 0 Å². The summed E-state index contributed by atoms with van der Waals surface area (Å²) in [4.78, 5) is 1.63. The van der Waals surface area contributed by atoms with Crippen molar-refractivity contribution in [1.29, 1.82) is 0 Å². The van der Waals surface area contributed by atoms with Gasteiger partial charge in [-0.25, -0.2) is 8.42 Å². The summed E-state index contributed by atoms with van der Waals surface area (Å²) < 4.78 is 56.9. The molecule has 0 aliphatic carbocycles. The summed E-state index contributed by atoms with van der Waals surface area (Å²) >= 11 is 0. The lowest BCUT2D eigenvalue weighted by Gasteiger charge is -2.18. The highest BCUT2D eigenvalue weighted by Gasteiger charge is 2.44. The van der Waals surface area contributed by atoms with Crippen molar-refractivity contribution in [2.45, 2.75) is 19.4 Å². The predicted octanol–water partition coefficient (Wildman–Crippen LogP) is 1.26. The first-order valence-corrected chi connectivity index (χ1v) is 5.91. The van der Waals surface area contributed by atoms with E-state index < -0.39 is 21.1 Å². The van der Waals surface area contributed by atoms with Crippen LogP contribution in [0, 0.1) is 0 Å². The van der Waals surface area contributed by atoms with Crippen LogP contribution < -0.4 is 0 Å². The lowest BCUT2D eigenvalue weighted by molar-refractivity contribution is -0.0436. The number of sulfone groups is 1. The number of halogens is 3. The molecule has 0 bridgehead atoms. The average Bonchev–Trinajstić information content (AvgIpc) is 2.04. The Morgan fingerprint density at radius 2 is 1.57 bits per heavy atom. The molecule has 0 atom stereocenters. The van der Waals surface area contributed by atoms with Crippen molar-refractivity contribution in [2.24, 2.45) is 0 Å². The Balaban J connectivity index is 4.27. The molecule has 0 radical (unpaired) electrons. The standard InChI is InChI=1S/C7H14F3NO2S/c1-3-11(4-2)5-6-14(12,13)7(8,9)10/h3-6H2,1-2H3. The van der Waals surface area contributed by atoms with E-state index in [1.54, 1.807) is 18.7 Å². The fourth-order valence-corrected chi connectivity index (χ4v) is 1.63. The van der Waals surface area contributed by atoms with Gasteiger partial charge in [0.15, 0.2) is 0 Å². The molecule has 0 aliphatic heterocycles. The molecule has 0 heterocycles. The summed E-state index contributed by atoms with van der Waals surface area (Å²) in [7, 11) is -4.95. The van der Waals surface area contributed by atoms with E-state index in [-0.39, 0.29) is 6.54 Å². The minimum atomic E-state index is -5.12. The average molecular weight is 233 g/mol. The van der Waals surface area contributed by atoms with Crippen LogP contribution in [0.1, 0.15) is 13.8 Å². The van der Waals surface area contributed by atoms with E-state index in [2.05, 4.69) is 0 Å². The summed E-state index contributed by atoms with van der Waals surface area (Å²) in [5.74, 6) is -0.863. The fourth-order valence-electron chi connectivity index (χ4n) is 0.905. The van der Waals surface area contributed by atoms with E-state index in [0.29, 0.717) is 13.1 Å². The summed E-state index contributed by atoms with van der Waals surface area (Å²) in [5, 5.41) is 0. The largest absolute Gasteiger partial charge is 0.497 e. The van der Waals surface area contributed by atoms with Gasteiger partial charge in [-0.3, -0.25) is 0 Å². The van der Waals surface area contributed by atoms with Crippen LogP contribution in [0.15, 0.2) is 0 Å². The highest BCUT2D eigenvalue weighted by Crippen LogP contribution is 2.23. The maximum Gasteiger partial charge on any atom is 0.497 e. The molecule has 0 saturated heterocycles. The van der Waals surface area contributed by atoms with E-state index in [4.69, 9.17) is 0 Å². The summed E-state index contributed by atoms with van der Waals surface area (Å²) in [5.41, 5.74) is -5.12. The molecular weight excluding hydrogens is 219 g/mol. The Kier molecular flexibility index (Phi) is 4.87. The lowest BCUT2D eigenvalue weighted by atomic mass is 10.5. The molecule has 0 amide bonds. The van der Waals surface area contributed by atoms with Crippen molar-refractivity contribution in [3.63, 3.8) is 0 Å². The molecule has 0 unspecified atom stereocenters. The zero-order valence-corrected chi connectivity index (χ0v) is 8.95. The van der Waals surface area contributed by atoms with Crippen molar-refractivity contribution in [3.05, 3.63) is 0 Å². The summed E-state index contributed by atoms with van der Waals surface area (Å²) in [6, 6.07) is 0. The van der Waals surface area contributed by atoms with Crippen molar-refractivity contribution >= 4 is 9.84 Å². The number of alkyl halides is 3. The normalized spacial score (nSPS) is 13.6. The zero-order valence-electron chi connectivity index (χ0n) is 8.13. The summed E-state index contributed by atoms with van der Waals surface area (Å²) in [6.07, 6.45) is 0. The molecule has 0 aromatic rings. The molecule has 0 spiro atoms. The molecule has 0 fully saturated rings. The first-order valence-electron chi connectivity index (χ1n) is 4.26.